The molecule has 106 valence electrons. The minimum absolute atomic E-state index is 0.0767. The number of halogens is 1. The highest BCUT2D eigenvalue weighted by molar-refractivity contribution is 7.80. The third kappa shape index (κ3) is 2.43. The number of fused-ring (bicyclic) bond motifs is 1. The van der Waals surface area contributed by atoms with E-state index in [2.05, 4.69) is 4.98 Å². The maximum Gasteiger partial charge on any atom is 0.421 e. The Labute approximate surface area is 123 Å². The van der Waals surface area contributed by atoms with Gasteiger partial charge >= 0.3 is 5.76 Å². The van der Waals surface area contributed by atoms with Crippen molar-refractivity contribution in [1.29, 1.82) is 0 Å². The molecule has 0 aliphatic rings. The smallest absolute Gasteiger partial charge is 0.406 e. The quantitative estimate of drug-likeness (QED) is 0.747. The molecule has 0 aliphatic heterocycles. The first-order valence-electron chi connectivity index (χ1n) is 6.09. The Morgan fingerprint density at radius 2 is 2.24 bits per heavy atom. The lowest BCUT2D eigenvalue weighted by Gasteiger charge is -2.08. The van der Waals surface area contributed by atoms with Gasteiger partial charge in [-0.3, -0.25) is 4.57 Å². The van der Waals surface area contributed by atoms with Crippen LogP contribution >= 0.6 is 12.2 Å². The molecule has 3 rings (SSSR count). The molecule has 2 aromatic heterocycles. The monoisotopic (exact) mass is 303 g/mol. The summed E-state index contributed by atoms with van der Waals surface area (Å²) in [6, 6.07) is 7.36. The van der Waals surface area contributed by atoms with Crippen LogP contribution in [0.25, 0.3) is 11.2 Å². The molecule has 3 aromatic rings. The predicted octanol–water partition coefficient (Wildman–Crippen LogP) is 1.81. The van der Waals surface area contributed by atoms with Crippen LogP contribution in [0.3, 0.4) is 0 Å². The van der Waals surface area contributed by atoms with Gasteiger partial charge in [-0.2, -0.15) is 0 Å². The summed E-state index contributed by atoms with van der Waals surface area (Å²) in [7, 11) is 0. The number of nitrogens with zero attached hydrogens (tertiary/aromatic N) is 2. The summed E-state index contributed by atoms with van der Waals surface area (Å²) in [5, 5.41) is 0. The molecule has 5 nitrogen and oxygen atoms in total. The third-order valence-electron chi connectivity index (χ3n) is 3.09. The Morgan fingerprint density at radius 1 is 1.43 bits per heavy atom. The van der Waals surface area contributed by atoms with Crippen LogP contribution in [-0.2, 0) is 6.54 Å². The second kappa shape index (κ2) is 5.10. The highest BCUT2D eigenvalue weighted by Crippen LogP contribution is 2.16. The average Bonchev–Trinajstić information content (AvgIpc) is 2.75. The SMILES string of the molecule is NC(=S)c1ccc(F)cc1Cn1c(=O)oc2cccnc21. The van der Waals surface area contributed by atoms with Gasteiger partial charge in [-0.25, -0.2) is 14.2 Å². The average molecular weight is 303 g/mol. The Hall–Kier alpha value is -2.54. The lowest BCUT2D eigenvalue weighted by Crippen LogP contribution is -2.19. The molecule has 0 spiro atoms. The van der Waals surface area contributed by atoms with Crippen molar-refractivity contribution in [1.82, 2.24) is 9.55 Å². The molecule has 0 radical (unpaired) electrons. The van der Waals surface area contributed by atoms with Crippen LogP contribution in [0.1, 0.15) is 11.1 Å². The van der Waals surface area contributed by atoms with Crippen molar-refractivity contribution >= 4 is 28.4 Å². The van der Waals surface area contributed by atoms with Gasteiger partial charge in [0.1, 0.15) is 10.8 Å². The van der Waals surface area contributed by atoms with Crippen molar-refractivity contribution in [3.8, 4) is 0 Å². The van der Waals surface area contributed by atoms with Crippen LogP contribution in [-0.4, -0.2) is 14.5 Å². The Bertz CT molecular complexity index is 901. The molecule has 2 N–H and O–H groups in total. The summed E-state index contributed by atoms with van der Waals surface area (Å²) in [4.78, 5) is 16.2. The van der Waals surface area contributed by atoms with Gasteiger partial charge in [-0.05, 0) is 35.9 Å². The number of oxazole rings is 1. The van der Waals surface area contributed by atoms with E-state index in [9.17, 15) is 9.18 Å². The van der Waals surface area contributed by atoms with E-state index in [1.54, 1.807) is 18.3 Å². The molecule has 0 fully saturated rings. The van der Waals surface area contributed by atoms with E-state index in [1.807, 2.05) is 0 Å². The minimum atomic E-state index is -0.568. The molecular weight excluding hydrogens is 293 g/mol. The zero-order valence-corrected chi connectivity index (χ0v) is 11.6. The van der Waals surface area contributed by atoms with Gasteiger partial charge in [-0.1, -0.05) is 12.2 Å². The van der Waals surface area contributed by atoms with Gasteiger partial charge in [0.05, 0.1) is 6.54 Å². The first kappa shape index (κ1) is 13.4. The van der Waals surface area contributed by atoms with Crippen molar-refractivity contribution in [2.75, 3.05) is 0 Å². The number of aromatic nitrogens is 2. The van der Waals surface area contributed by atoms with Crippen LogP contribution in [0.4, 0.5) is 4.39 Å². The van der Waals surface area contributed by atoms with Crippen LogP contribution in [0.2, 0.25) is 0 Å². The molecule has 0 aliphatic carbocycles. The molecule has 0 saturated carbocycles. The van der Waals surface area contributed by atoms with E-state index >= 15 is 0 Å². The Balaban J connectivity index is 2.15. The Morgan fingerprint density at radius 3 is 3.00 bits per heavy atom. The molecule has 0 amide bonds. The second-order valence-electron chi connectivity index (χ2n) is 4.44. The number of rotatable bonds is 3. The van der Waals surface area contributed by atoms with Crippen molar-refractivity contribution in [2.45, 2.75) is 6.54 Å². The topological polar surface area (TPSA) is 74.0 Å². The van der Waals surface area contributed by atoms with Crippen molar-refractivity contribution in [3.63, 3.8) is 0 Å². The molecule has 0 unspecified atom stereocenters. The van der Waals surface area contributed by atoms with E-state index in [4.69, 9.17) is 22.4 Å². The van der Waals surface area contributed by atoms with Gasteiger partial charge in [0.25, 0.3) is 0 Å². The zero-order chi connectivity index (χ0) is 15.0. The fourth-order valence-electron chi connectivity index (χ4n) is 2.14. The van der Waals surface area contributed by atoms with Gasteiger partial charge in [0.2, 0.25) is 0 Å². The summed E-state index contributed by atoms with van der Waals surface area (Å²) < 4.78 is 19.8. The predicted molar refractivity (Wildman–Crippen MR) is 79.7 cm³/mol. The fourth-order valence-corrected chi connectivity index (χ4v) is 2.34. The number of hydrogen-bond acceptors (Lipinski definition) is 4. The van der Waals surface area contributed by atoms with Crippen LogP contribution in [0.5, 0.6) is 0 Å². The lowest BCUT2D eigenvalue weighted by atomic mass is 10.1. The molecule has 0 saturated heterocycles. The molecule has 21 heavy (non-hydrogen) atoms. The maximum atomic E-state index is 13.4. The van der Waals surface area contributed by atoms with E-state index in [0.717, 1.165) is 0 Å². The van der Waals surface area contributed by atoms with Crippen LogP contribution < -0.4 is 11.5 Å². The molecule has 0 atom stereocenters. The number of thiocarbonyl (C=S) groups is 1. The summed E-state index contributed by atoms with van der Waals surface area (Å²) in [6.45, 7) is 0.0767. The van der Waals surface area contributed by atoms with Crippen molar-refractivity contribution in [2.24, 2.45) is 5.73 Å². The third-order valence-corrected chi connectivity index (χ3v) is 3.31. The normalized spacial score (nSPS) is 10.9. The number of pyridine rings is 1. The fraction of sp³-hybridized carbons (Fsp3) is 0.0714. The summed E-state index contributed by atoms with van der Waals surface area (Å²) in [5.41, 5.74) is 7.40. The van der Waals surface area contributed by atoms with E-state index < -0.39 is 11.6 Å². The van der Waals surface area contributed by atoms with E-state index in [1.165, 1.54) is 22.8 Å². The summed E-state index contributed by atoms with van der Waals surface area (Å²) in [6.07, 6.45) is 1.55. The molecule has 0 bridgehead atoms. The summed E-state index contributed by atoms with van der Waals surface area (Å²) in [5.74, 6) is -0.999. The summed E-state index contributed by atoms with van der Waals surface area (Å²) >= 11 is 4.95. The van der Waals surface area contributed by atoms with E-state index in [0.29, 0.717) is 22.4 Å². The zero-order valence-electron chi connectivity index (χ0n) is 10.7. The standard InChI is InChI=1S/C14H10FN3O2S/c15-9-3-4-10(12(16)21)8(6-9)7-18-13-11(20-14(18)19)2-1-5-17-13/h1-6H,7H2,(H2,16,21). The molecular formula is C14H10FN3O2S. The highest BCUT2D eigenvalue weighted by atomic mass is 32.1. The number of benzene rings is 1. The van der Waals surface area contributed by atoms with Crippen LogP contribution in [0.15, 0.2) is 45.7 Å². The first-order chi connectivity index (χ1) is 10.1. The number of nitrogens with two attached hydrogens (primary N) is 1. The van der Waals surface area contributed by atoms with Crippen molar-refractivity contribution < 1.29 is 8.81 Å². The first-order valence-corrected chi connectivity index (χ1v) is 6.49. The van der Waals surface area contributed by atoms with E-state index in [-0.39, 0.29) is 11.5 Å². The van der Waals surface area contributed by atoms with Crippen LogP contribution in [0, 0.1) is 5.82 Å². The molecule has 7 heteroatoms. The molecule has 1 aromatic carbocycles. The largest absolute Gasteiger partial charge is 0.421 e. The van der Waals surface area contributed by atoms with Gasteiger partial charge in [-0.15, -0.1) is 0 Å². The molecule has 2 heterocycles. The van der Waals surface area contributed by atoms with Crippen molar-refractivity contribution in [3.05, 3.63) is 64.0 Å². The second-order valence-corrected chi connectivity index (χ2v) is 4.88. The lowest BCUT2D eigenvalue weighted by molar-refractivity contribution is 0.517. The van der Waals surface area contributed by atoms with Gasteiger partial charge in [0.15, 0.2) is 11.2 Å². The minimum Gasteiger partial charge on any atom is -0.406 e. The van der Waals surface area contributed by atoms with Gasteiger partial charge < -0.3 is 10.2 Å². The van der Waals surface area contributed by atoms with Gasteiger partial charge in [0, 0.05) is 11.8 Å². The highest BCUT2D eigenvalue weighted by Gasteiger charge is 2.14. The Kier molecular flexibility index (Phi) is 3.26. The number of hydrogen-bond donors (Lipinski definition) is 1. The maximum absolute atomic E-state index is 13.4.